The van der Waals surface area contributed by atoms with Crippen LogP contribution in [0.25, 0.3) is 0 Å². The van der Waals surface area contributed by atoms with Gasteiger partial charge in [-0.05, 0) is 20.3 Å². The highest BCUT2D eigenvalue weighted by molar-refractivity contribution is 5.98. The van der Waals surface area contributed by atoms with Crippen molar-refractivity contribution in [2.75, 3.05) is 6.61 Å². The molecule has 1 heterocycles. The molecule has 2 N–H and O–H groups in total. The molecule has 1 saturated heterocycles. The Balaban J connectivity index is 2.69. The molecule has 3 unspecified atom stereocenters. The number of primary amides is 1. The molecule has 0 aromatic rings. The van der Waals surface area contributed by atoms with Gasteiger partial charge in [-0.3, -0.25) is 9.59 Å². The molecule has 0 radical (unpaired) electrons. The Kier molecular flexibility index (Phi) is 3.34. The largest absolute Gasteiger partial charge is 0.465 e. The lowest BCUT2D eigenvalue weighted by atomic mass is 9.93. The highest BCUT2D eigenvalue weighted by atomic mass is 16.6. The number of amides is 1. The summed E-state index contributed by atoms with van der Waals surface area (Å²) in [7, 11) is 0. The lowest BCUT2D eigenvalue weighted by molar-refractivity contribution is -0.152. The maximum absolute atomic E-state index is 11.5. The van der Waals surface area contributed by atoms with Crippen LogP contribution in [-0.4, -0.2) is 30.2 Å². The number of carbonyl (C=O) groups excluding carboxylic acids is 2. The van der Waals surface area contributed by atoms with Gasteiger partial charge in [-0.25, -0.2) is 0 Å². The third kappa shape index (κ3) is 2.28. The normalized spacial score (nSPS) is 30.7. The number of carbonyl (C=O) groups is 2. The minimum atomic E-state index is -0.977. The first-order valence-corrected chi connectivity index (χ1v) is 5.10. The number of hydrogen-bond acceptors (Lipinski definition) is 4. The van der Waals surface area contributed by atoms with Gasteiger partial charge < -0.3 is 15.2 Å². The third-order valence-electron chi connectivity index (χ3n) is 2.79. The topological polar surface area (TPSA) is 81.9 Å². The summed E-state index contributed by atoms with van der Waals surface area (Å²) >= 11 is 0. The standard InChI is InChI=1S/C10H17NO4/c1-4-10(3)7(15-10)6(8(11)12)9(13)14-5-2/h6-7H,4-5H2,1-3H3,(H2,11,12). The van der Waals surface area contributed by atoms with Crippen molar-refractivity contribution >= 4 is 11.9 Å². The van der Waals surface area contributed by atoms with E-state index in [1.165, 1.54) is 0 Å². The van der Waals surface area contributed by atoms with Crippen LogP contribution in [0, 0.1) is 5.92 Å². The second kappa shape index (κ2) is 4.18. The van der Waals surface area contributed by atoms with Crippen LogP contribution in [-0.2, 0) is 19.1 Å². The van der Waals surface area contributed by atoms with Crippen molar-refractivity contribution in [3.05, 3.63) is 0 Å². The molecule has 1 rings (SSSR count). The van der Waals surface area contributed by atoms with E-state index in [0.29, 0.717) is 0 Å². The van der Waals surface area contributed by atoms with E-state index in [1.54, 1.807) is 6.92 Å². The van der Waals surface area contributed by atoms with Gasteiger partial charge in [0.2, 0.25) is 5.91 Å². The summed E-state index contributed by atoms with van der Waals surface area (Å²) in [5.41, 5.74) is 4.75. The maximum Gasteiger partial charge on any atom is 0.321 e. The fraction of sp³-hybridized carbons (Fsp3) is 0.800. The summed E-state index contributed by atoms with van der Waals surface area (Å²) in [5, 5.41) is 0. The summed E-state index contributed by atoms with van der Waals surface area (Å²) in [4.78, 5) is 22.6. The van der Waals surface area contributed by atoms with Crippen LogP contribution in [0.5, 0.6) is 0 Å². The summed E-state index contributed by atoms with van der Waals surface area (Å²) in [5.74, 6) is -2.25. The average molecular weight is 215 g/mol. The summed E-state index contributed by atoms with van der Waals surface area (Å²) in [6.45, 7) is 5.71. The van der Waals surface area contributed by atoms with E-state index in [4.69, 9.17) is 15.2 Å². The van der Waals surface area contributed by atoms with E-state index in [1.807, 2.05) is 13.8 Å². The zero-order chi connectivity index (χ0) is 11.6. The summed E-state index contributed by atoms with van der Waals surface area (Å²) in [6, 6.07) is 0. The molecule has 0 bridgehead atoms. The number of epoxide rings is 1. The van der Waals surface area contributed by atoms with Crippen molar-refractivity contribution in [2.45, 2.75) is 38.9 Å². The molecule has 0 aromatic heterocycles. The van der Waals surface area contributed by atoms with Gasteiger partial charge in [0.05, 0.1) is 12.2 Å². The highest BCUT2D eigenvalue weighted by Crippen LogP contribution is 2.43. The minimum absolute atomic E-state index is 0.234. The van der Waals surface area contributed by atoms with Crippen LogP contribution in [0.15, 0.2) is 0 Å². The smallest absolute Gasteiger partial charge is 0.321 e. The van der Waals surface area contributed by atoms with Gasteiger partial charge in [-0.2, -0.15) is 0 Å². The van der Waals surface area contributed by atoms with Crippen LogP contribution in [0.1, 0.15) is 27.2 Å². The first kappa shape index (κ1) is 12.0. The Labute approximate surface area is 88.9 Å². The molecule has 1 aliphatic heterocycles. The number of esters is 1. The molecular weight excluding hydrogens is 198 g/mol. The van der Waals surface area contributed by atoms with Gasteiger partial charge in [-0.1, -0.05) is 6.92 Å². The van der Waals surface area contributed by atoms with Gasteiger partial charge in [0.1, 0.15) is 6.10 Å². The van der Waals surface area contributed by atoms with Crippen molar-refractivity contribution < 1.29 is 19.1 Å². The van der Waals surface area contributed by atoms with E-state index >= 15 is 0 Å². The van der Waals surface area contributed by atoms with Crippen LogP contribution in [0.4, 0.5) is 0 Å². The van der Waals surface area contributed by atoms with Gasteiger partial charge in [0.25, 0.3) is 0 Å². The summed E-state index contributed by atoms with van der Waals surface area (Å²) in [6.07, 6.45) is 0.306. The van der Waals surface area contributed by atoms with Crippen molar-refractivity contribution in [3.8, 4) is 0 Å². The van der Waals surface area contributed by atoms with Crippen molar-refractivity contribution in [3.63, 3.8) is 0 Å². The van der Waals surface area contributed by atoms with Crippen LogP contribution in [0.2, 0.25) is 0 Å². The van der Waals surface area contributed by atoms with E-state index in [2.05, 4.69) is 0 Å². The molecule has 1 fully saturated rings. The lowest BCUT2D eigenvalue weighted by Gasteiger charge is -2.11. The first-order chi connectivity index (χ1) is 6.96. The predicted molar refractivity (Wildman–Crippen MR) is 52.9 cm³/mol. The van der Waals surface area contributed by atoms with Crippen molar-refractivity contribution in [1.29, 1.82) is 0 Å². The van der Waals surface area contributed by atoms with Crippen LogP contribution in [0.3, 0.4) is 0 Å². The van der Waals surface area contributed by atoms with Crippen molar-refractivity contribution in [2.24, 2.45) is 11.7 Å². The Hall–Kier alpha value is -1.10. The Morgan fingerprint density at radius 3 is 2.47 bits per heavy atom. The van der Waals surface area contributed by atoms with Crippen LogP contribution >= 0.6 is 0 Å². The molecule has 3 atom stereocenters. The molecule has 0 spiro atoms. The SMILES string of the molecule is CCOC(=O)C(C(N)=O)C1OC1(C)CC. The van der Waals surface area contributed by atoms with Gasteiger partial charge in [0, 0.05) is 0 Å². The Morgan fingerprint density at radius 2 is 2.13 bits per heavy atom. The lowest BCUT2D eigenvalue weighted by Crippen LogP contribution is -2.38. The number of nitrogens with two attached hydrogens (primary N) is 1. The summed E-state index contributed by atoms with van der Waals surface area (Å²) < 4.78 is 10.1. The molecule has 15 heavy (non-hydrogen) atoms. The van der Waals surface area contributed by atoms with Gasteiger partial charge in [-0.15, -0.1) is 0 Å². The van der Waals surface area contributed by atoms with Gasteiger partial charge in [0.15, 0.2) is 5.92 Å². The molecule has 86 valence electrons. The molecule has 5 nitrogen and oxygen atoms in total. The monoisotopic (exact) mass is 215 g/mol. The second-order valence-corrected chi connectivity index (χ2v) is 3.84. The number of ether oxygens (including phenoxy) is 2. The van der Waals surface area contributed by atoms with E-state index in [9.17, 15) is 9.59 Å². The van der Waals surface area contributed by atoms with Crippen molar-refractivity contribution in [1.82, 2.24) is 0 Å². The molecule has 0 aliphatic carbocycles. The van der Waals surface area contributed by atoms with E-state index in [-0.39, 0.29) is 6.61 Å². The quantitative estimate of drug-likeness (QED) is 0.404. The minimum Gasteiger partial charge on any atom is -0.465 e. The van der Waals surface area contributed by atoms with Crippen LogP contribution < -0.4 is 5.73 Å². The van der Waals surface area contributed by atoms with E-state index < -0.39 is 29.5 Å². The molecule has 0 aromatic carbocycles. The molecule has 1 aliphatic rings. The highest BCUT2D eigenvalue weighted by Gasteiger charge is 2.59. The molecule has 0 saturated carbocycles. The molecular formula is C10H17NO4. The maximum atomic E-state index is 11.5. The predicted octanol–water partition coefficient (Wildman–Crippen LogP) is 0.218. The molecule has 1 amide bonds. The fourth-order valence-electron chi connectivity index (χ4n) is 1.58. The Bertz CT molecular complexity index is 279. The Morgan fingerprint density at radius 1 is 1.53 bits per heavy atom. The zero-order valence-corrected chi connectivity index (χ0v) is 9.28. The fourth-order valence-corrected chi connectivity index (χ4v) is 1.58. The zero-order valence-electron chi connectivity index (χ0n) is 9.28. The van der Waals surface area contributed by atoms with E-state index in [0.717, 1.165) is 6.42 Å². The third-order valence-corrected chi connectivity index (χ3v) is 2.79. The van der Waals surface area contributed by atoms with Gasteiger partial charge >= 0.3 is 5.97 Å². The molecule has 5 heteroatoms. The second-order valence-electron chi connectivity index (χ2n) is 3.84. The number of hydrogen-bond donors (Lipinski definition) is 1. The first-order valence-electron chi connectivity index (χ1n) is 5.10. The average Bonchev–Trinajstić information content (AvgIpc) is 2.79. The number of rotatable bonds is 5.